The van der Waals surface area contributed by atoms with Crippen molar-refractivity contribution in [2.24, 2.45) is 5.92 Å². The van der Waals surface area contributed by atoms with Crippen molar-refractivity contribution in [2.75, 3.05) is 13.2 Å². The standard InChI is InChI=1S/C19H27F3O2/c1-2-3-4-5-6-7-8-9-14-12-23-19(24-13-14)15-10-16(20)18(22)17(21)11-15/h10-11,14,19H,2-9,12-13H2,1H3. The first kappa shape index (κ1) is 19.3. The molecule has 1 aromatic carbocycles. The molecule has 0 aromatic heterocycles. The van der Waals surface area contributed by atoms with E-state index in [-0.39, 0.29) is 5.56 Å². The second kappa shape index (κ2) is 10.0. The lowest BCUT2D eigenvalue weighted by Gasteiger charge is -2.29. The summed E-state index contributed by atoms with van der Waals surface area (Å²) in [7, 11) is 0. The van der Waals surface area contributed by atoms with Crippen molar-refractivity contribution in [3.8, 4) is 0 Å². The van der Waals surface area contributed by atoms with Crippen LogP contribution in [0.3, 0.4) is 0 Å². The van der Waals surface area contributed by atoms with Crippen LogP contribution in [0.15, 0.2) is 12.1 Å². The van der Waals surface area contributed by atoms with Gasteiger partial charge in [0.15, 0.2) is 23.7 Å². The van der Waals surface area contributed by atoms with E-state index in [0.717, 1.165) is 25.0 Å². The summed E-state index contributed by atoms with van der Waals surface area (Å²) >= 11 is 0. The van der Waals surface area contributed by atoms with Crippen molar-refractivity contribution in [3.05, 3.63) is 35.1 Å². The van der Waals surface area contributed by atoms with Gasteiger partial charge in [-0.2, -0.15) is 0 Å². The first-order valence-electron chi connectivity index (χ1n) is 8.99. The van der Waals surface area contributed by atoms with Gasteiger partial charge in [-0.15, -0.1) is 0 Å². The first-order valence-corrected chi connectivity index (χ1v) is 8.99. The van der Waals surface area contributed by atoms with Crippen molar-refractivity contribution in [3.63, 3.8) is 0 Å². The normalized spacial score (nSPS) is 21.2. The van der Waals surface area contributed by atoms with Gasteiger partial charge < -0.3 is 9.47 Å². The van der Waals surface area contributed by atoms with E-state index in [2.05, 4.69) is 6.92 Å². The lowest BCUT2D eigenvalue weighted by molar-refractivity contribution is -0.206. The molecule has 0 N–H and O–H groups in total. The van der Waals surface area contributed by atoms with Crippen LogP contribution < -0.4 is 0 Å². The molecule has 1 saturated heterocycles. The SMILES string of the molecule is CCCCCCCCCC1COC(c2cc(F)c(F)c(F)c2)OC1. The third kappa shape index (κ3) is 5.78. The Morgan fingerprint density at radius 2 is 1.42 bits per heavy atom. The fourth-order valence-corrected chi connectivity index (χ4v) is 3.00. The monoisotopic (exact) mass is 344 g/mol. The molecule has 1 aliphatic rings. The zero-order valence-corrected chi connectivity index (χ0v) is 14.3. The fraction of sp³-hybridized carbons (Fsp3) is 0.684. The highest BCUT2D eigenvalue weighted by Crippen LogP contribution is 2.29. The summed E-state index contributed by atoms with van der Waals surface area (Å²) in [5.74, 6) is -3.59. The molecular formula is C19H27F3O2. The van der Waals surface area contributed by atoms with Crippen LogP contribution in [0.2, 0.25) is 0 Å². The highest BCUT2D eigenvalue weighted by atomic mass is 19.2. The van der Waals surface area contributed by atoms with E-state index in [1.807, 2.05) is 0 Å². The Labute approximate surface area is 142 Å². The van der Waals surface area contributed by atoms with Crippen LogP contribution in [0.25, 0.3) is 0 Å². The number of hydrogen-bond donors (Lipinski definition) is 0. The van der Waals surface area contributed by atoms with Gasteiger partial charge in [-0.1, -0.05) is 51.9 Å². The van der Waals surface area contributed by atoms with E-state index in [1.54, 1.807) is 0 Å². The quantitative estimate of drug-likeness (QED) is 0.410. The van der Waals surface area contributed by atoms with Gasteiger partial charge >= 0.3 is 0 Å². The summed E-state index contributed by atoms with van der Waals surface area (Å²) in [6, 6.07) is 1.86. The van der Waals surface area contributed by atoms with Gasteiger partial charge in [-0.3, -0.25) is 0 Å². The van der Waals surface area contributed by atoms with Gasteiger partial charge in [0, 0.05) is 11.5 Å². The summed E-state index contributed by atoms with van der Waals surface area (Å²) < 4.78 is 50.6. The van der Waals surface area contributed by atoms with Crippen molar-refractivity contribution < 1.29 is 22.6 Å². The highest BCUT2D eigenvalue weighted by molar-refractivity contribution is 5.20. The van der Waals surface area contributed by atoms with Crippen LogP contribution in [-0.2, 0) is 9.47 Å². The van der Waals surface area contributed by atoms with Crippen molar-refractivity contribution in [1.29, 1.82) is 0 Å². The Hall–Kier alpha value is -1.07. The van der Waals surface area contributed by atoms with Crippen LogP contribution in [0.5, 0.6) is 0 Å². The average Bonchev–Trinajstić information content (AvgIpc) is 2.59. The molecule has 0 unspecified atom stereocenters. The molecular weight excluding hydrogens is 317 g/mol. The van der Waals surface area contributed by atoms with Crippen LogP contribution in [0.4, 0.5) is 13.2 Å². The van der Waals surface area contributed by atoms with Gasteiger partial charge in [0.25, 0.3) is 0 Å². The molecule has 0 bridgehead atoms. The van der Waals surface area contributed by atoms with Gasteiger partial charge in [0.05, 0.1) is 13.2 Å². The Balaban J connectivity index is 1.66. The summed E-state index contributed by atoms with van der Waals surface area (Å²) in [4.78, 5) is 0. The minimum Gasteiger partial charge on any atom is -0.348 e. The smallest absolute Gasteiger partial charge is 0.194 e. The molecule has 1 heterocycles. The summed E-state index contributed by atoms with van der Waals surface area (Å²) in [6.07, 6.45) is 9.05. The molecule has 1 aliphatic heterocycles. The van der Waals surface area contributed by atoms with E-state index >= 15 is 0 Å². The van der Waals surface area contributed by atoms with Gasteiger partial charge in [-0.05, 0) is 18.6 Å². The molecule has 0 saturated carbocycles. The zero-order valence-electron chi connectivity index (χ0n) is 14.3. The van der Waals surface area contributed by atoms with Crippen LogP contribution in [-0.4, -0.2) is 13.2 Å². The maximum Gasteiger partial charge on any atom is 0.194 e. The van der Waals surface area contributed by atoms with Crippen molar-refractivity contribution in [2.45, 2.75) is 64.6 Å². The topological polar surface area (TPSA) is 18.5 Å². The number of benzene rings is 1. The molecule has 0 atom stereocenters. The highest BCUT2D eigenvalue weighted by Gasteiger charge is 2.25. The molecule has 0 spiro atoms. The van der Waals surface area contributed by atoms with Crippen LogP contribution >= 0.6 is 0 Å². The van der Waals surface area contributed by atoms with E-state index in [1.165, 1.54) is 38.5 Å². The van der Waals surface area contributed by atoms with Gasteiger partial charge in [0.1, 0.15) is 0 Å². The molecule has 5 heteroatoms. The van der Waals surface area contributed by atoms with Gasteiger partial charge in [0.2, 0.25) is 0 Å². The van der Waals surface area contributed by atoms with E-state index < -0.39 is 23.7 Å². The molecule has 1 aromatic rings. The molecule has 1 fully saturated rings. The third-order valence-corrected chi connectivity index (χ3v) is 4.46. The molecule has 2 nitrogen and oxygen atoms in total. The van der Waals surface area contributed by atoms with Crippen molar-refractivity contribution in [1.82, 2.24) is 0 Å². The molecule has 24 heavy (non-hydrogen) atoms. The summed E-state index contributed by atoms with van der Waals surface area (Å²) in [5, 5.41) is 0. The van der Waals surface area contributed by atoms with E-state index in [9.17, 15) is 13.2 Å². The second-order valence-corrected chi connectivity index (χ2v) is 6.57. The van der Waals surface area contributed by atoms with E-state index in [0.29, 0.717) is 19.1 Å². The molecule has 0 aliphatic carbocycles. The molecule has 2 rings (SSSR count). The van der Waals surface area contributed by atoms with E-state index in [4.69, 9.17) is 9.47 Å². The predicted octanol–water partition coefficient (Wildman–Crippen LogP) is 5.91. The first-order chi connectivity index (χ1) is 11.6. The Morgan fingerprint density at radius 1 is 0.875 bits per heavy atom. The minimum absolute atomic E-state index is 0.181. The van der Waals surface area contributed by atoms with Crippen LogP contribution in [0.1, 0.15) is 70.1 Å². The maximum atomic E-state index is 13.3. The third-order valence-electron chi connectivity index (χ3n) is 4.46. The minimum atomic E-state index is -1.47. The molecule has 0 amide bonds. The maximum absolute atomic E-state index is 13.3. The Morgan fingerprint density at radius 3 is 2.00 bits per heavy atom. The zero-order chi connectivity index (χ0) is 17.4. The largest absolute Gasteiger partial charge is 0.348 e. The van der Waals surface area contributed by atoms with Crippen molar-refractivity contribution >= 4 is 0 Å². The molecule has 136 valence electrons. The second-order valence-electron chi connectivity index (χ2n) is 6.57. The fourth-order valence-electron chi connectivity index (χ4n) is 3.00. The number of halogens is 3. The van der Waals surface area contributed by atoms with Crippen LogP contribution in [0, 0.1) is 23.4 Å². The lowest BCUT2D eigenvalue weighted by atomic mass is 10.0. The number of rotatable bonds is 9. The summed E-state index contributed by atoms with van der Waals surface area (Å²) in [6.45, 7) is 3.22. The number of ether oxygens (including phenoxy) is 2. The average molecular weight is 344 g/mol. The number of hydrogen-bond acceptors (Lipinski definition) is 2. The molecule has 0 radical (unpaired) electrons. The lowest BCUT2D eigenvalue weighted by Crippen LogP contribution is -2.27. The predicted molar refractivity (Wildman–Crippen MR) is 87.1 cm³/mol. The Kier molecular flexibility index (Phi) is 8.06. The number of unbranched alkanes of at least 4 members (excludes halogenated alkanes) is 6. The van der Waals surface area contributed by atoms with Gasteiger partial charge in [-0.25, -0.2) is 13.2 Å². The summed E-state index contributed by atoms with van der Waals surface area (Å²) in [5.41, 5.74) is 0.181. The Bertz CT molecular complexity index is 476.